The molecule has 9 heteroatoms. The lowest BCUT2D eigenvalue weighted by molar-refractivity contribution is 0.0601. The molecule has 2 heterocycles. The van der Waals surface area contributed by atoms with Crippen LogP contribution in [0.4, 0.5) is 5.69 Å². The molecule has 1 N–H and O–H groups in total. The Kier molecular flexibility index (Phi) is 5.40. The van der Waals surface area contributed by atoms with Crippen LogP contribution in [0.25, 0.3) is 0 Å². The Morgan fingerprint density at radius 2 is 1.90 bits per heavy atom. The number of hydrogen-bond acceptors (Lipinski definition) is 6. The van der Waals surface area contributed by atoms with Crippen LogP contribution in [0, 0.1) is 0 Å². The number of methoxy groups -OCH3 is 1. The maximum absolute atomic E-state index is 13.2. The predicted molar refractivity (Wildman–Crippen MR) is 113 cm³/mol. The van der Waals surface area contributed by atoms with E-state index in [0.29, 0.717) is 17.2 Å². The van der Waals surface area contributed by atoms with Crippen LogP contribution in [0.5, 0.6) is 0 Å². The van der Waals surface area contributed by atoms with Gasteiger partial charge in [0.15, 0.2) is 0 Å². The maximum atomic E-state index is 13.2. The van der Waals surface area contributed by atoms with Crippen molar-refractivity contribution in [1.29, 1.82) is 0 Å². The Balaban J connectivity index is 1.82. The number of H-pyrrole nitrogens is 1. The molecule has 1 aromatic heterocycles. The number of hydrogen-bond donors (Lipinski definition) is 1. The molecular weight excluding hydrogens is 406 g/mol. The first-order valence-electron chi connectivity index (χ1n) is 10.1. The zero-order valence-corrected chi connectivity index (χ0v) is 17.9. The van der Waals surface area contributed by atoms with E-state index in [9.17, 15) is 18.6 Å². The fourth-order valence-electron chi connectivity index (χ4n) is 3.84. The molecule has 0 bridgehead atoms. The molecule has 1 aliphatic heterocycles. The van der Waals surface area contributed by atoms with E-state index in [4.69, 9.17) is 4.74 Å². The minimum Gasteiger partial charge on any atom is -0.465 e. The minimum absolute atomic E-state index is 0.124. The van der Waals surface area contributed by atoms with E-state index in [1.54, 1.807) is 7.05 Å². The van der Waals surface area contributed by atoms with Gasteiger partial charge in [0.2, 0.25) is 5.78 Å². The van der Waals surface area contributed by atoms with Crippen LogP contribution < -0.4 is 5.56 Å². The molecule has 1 saturated carbocycles. The van der Waals surface area contributed by atoms with Gasteiger partial charge in [-0.3, -0.25) is 19.4 Å². The van der Waals surface area contributed by atoms with Gasteiger partial charge in [-0.2, -0.15) is 4.36 Å². The van der Waals surface area contributed by atoms with Crippen molar-refractivity contribution in [2.45, 2.75) is 38.0 Å². The first-order valence-corrected chi connectivity index (χ1v) is 12.0. The summed E-state index contributed by atoms with van der Waals surface area (Å²) >= 11 is 0. The van der Waals surface area contributed by atoms with Crippen molar-refractivity contribution >= 4 is 27.2 Å². The highest BCUT2D eigenvalue weighted by molar-refractivity contribution is 7.93. The first-order chi connectivity index (χ1) is 14.3. The van der Waals surface area contributed by atoms with Crippen LogP contribution in [0.2, 0.25) is 0 Å². The molecule has 30 heavy (non-hydrogen) atoms. The highest BCUT2D eigenvalue weighted by atomic mass is 32.2. The van der Waals surface area contributed by atoms with Gasteiger partial charge in [-0.15, -0.1) is 0 Å². The van der Waals surface area contributed by atoms with Crippen molar-refractivity contribution in [1.82, 2.24) is 9.78 Å². The Hall–Kier alpha value is -2.68. The van der Waals surface area contributed by atoms with Gasteiger partial charge < -0.3 is 4.74 Å². The number of carbonyl (C=O) groups is 2. The number of ketones is 1. The second-order valence-electron chi connectivity index (χ2n) is 7.92. The Labute approximate surface area is 174 Å². The van der Waals surface area contributed by atoms with Crippen molar-refractivity contribution in [3.05, 3.63) is 50.9 Å². The van der Waals surface area contributed by atoms with Crippen molar-refractivity contribution < 1.29 is 18.5 Å². The summed E-state index contributed by atoms with van der Waals surface area (Å²) in [5.41, 5.74) is 0.973. The Morgan fingerprint density at radius 3 is 2.53 bits per heavy atom. The summed E-state index contributed by atoms with van der Waals surface area (Å²) in [6.07, 6.45) is 4.52. The topological polar surface area (TPSA) is 111 Å². The number of benzene rings is 1. The van der Waals surface area contributed by atoms with Gasteiger partial charge >= 0.3 is 5.97 Å². The van der Waals surface area contributed by atoms with Crippen LogP contribution in [-0.4, -0.2) is 44.4 Å². The van der Waals surface area contributed by atoms with Gasteiger partial charge in [0.1, 0.15) is 5.56 Å². The molecule has 1 aliphatic carbocycles. The van der Waals surface area contributed by atoms with Gasteiger partial charge in [-0.1, -0.05) is 12.5 Å². The molecule has 0 atom stereocenters. The number of aryl methyl sites for hydroxylation is 1. The summed E-state index contributed by atoms with van der Waals surface area (Å²) in [5.74, 6) is 0.0901. The monoisotopic (exact) mass is 431 g/mol. The molecule has 2 fully saturated rings. The number of carbonyl (C=O) groups excluding carboxylic acids is 2. The fraction of sp³-hybridized carbons (Fsp3) is 0.476. The molecule has 160 valence electrons. The second-order valence-corrected chi connectivity index (χ2v) is 10.5. The molecule has 1 aromatic carbocycles. The Morgan fingerprint density at radius 1 is 1.20 bits per heavy atom. The van der Waals surface area contributed by atoms with Crippen molar-refractivity contribution in [3.63, 3.8) is 0 Å². The van der Waals surface area contributed by atoms with Crippen LogP contribution in [-0.2, 0) is 21.5 Å². The van der Waals surface area contributed by atoms with Crippen LogP contribution >= 0.6 is 0 Å². The highest BCUT2D eigenvalue weighted by Gasteiger charge is 2.33. The number of rotatable bonds is 5. The lowest BCUT2D eigenvalue weighted by atomic mass is 9.99. The number of aromatic nitrogens is 2. The van der Waals surface area contributed by atoms with E-state index >= 15 is 0 Å². The molecule has 2 aliphatic rings. The van der Waals surface area contributed by atoms with E-state index in [0.717, 1.165) is 32.1 Å². The standard InChI is InChI=1S/C21H25N3O5S/c1-24-20(26)17(18(22-24)13-6-7-13)19(25)14-8-9-15(21(27)29-2)16(12-14)23-30(28)10-4-3-5-11-30/h8-9,12-13,22H,3-7,10-11H2,1-2H3. The predicted octanol–water partition coefficient (Wildman–Crippen LogP) is 2.89. The second kappa shape index (κ2) is 7.86. The third kappa shape index (κ3) is 3.86. The Bertz CT molecular complexity index is 1180. The van der Waals surface area contributed by atoms with Crippen molar-refractivity contribution in [3.8, 4) is 0 Å². The van der Waals surface area contributed by atoms with Crippen LogP contribution in [0.15, 0.2) is 27.4 Å². The quantitative estimate of drug-likeness (QED) is 0.578. The fourth-order valence-corrected chi connectivity index (χ4v) is 6.04. The highest BCUT2D eigenvalue weighted by Crippen LogP contribution is 2.40. The lowest BCUT2D eigenvalue weighted by Gasteiger charge is -2.16. The summed E-state index contributed by atoms with van der Waals surface area (Å²) < 4.78 is 23.7. The van der Waals surface area contributed by atoms with E-state index < -0.39 is 21.5 Å². The summed E-state index contributed by atoms with van der Waals surface area (Å²) in [7, 11) is 0.348. The van der Waals surface area contributed by atoms with Gasteiger partial charge in [-0.05, 0) is 37.8 Å². The average molecular weight is 432 g/mol. The van der Waals surface area contributed by atoms with Crippen LogP contribution in [0.1, 0.15) is 70.0 Å². The minimum atomic E-state index is -2.50. The summed E-state index contributed by atoms with van der Waals surface area (Å²) in [6.45, 7) is 0. The molecular formula is C21H25N3O5S. The van der Waals surface area contributed by atoms with Gasteiger partial charge in [0.05, 0.1) is 33.8 Å². The molecule has 1 saturated heterocycles. The number of aromatic amines is 1. The van der Waals surface area contributed by atoms with E-state index in [2.05, 4.69) is 9.46 Å². The normalized spacial score (nSPS) is 18.1. The summed E-state index contributed by atoms with van der Waals surface area (Å²) in [6, 6.07) is 4.40. The lowest BCUT2D eigenvalue weighted by Crippen LogP contribution is -2.20. The average Bonchev–Trinajstić information content (AvgIpc) is 3.53. The van der Waals surface area contributed by atoms with Crippen molar-refractivity contribution in [2.24, 2.45) is 11.4 Å². The third-order valence-electron chi connectivity index (χ3n) is 5.65. The molecule has 0 amide bonds. The van der Waals surface area contributed by atoms with E-state index in [1.165, 1.54) is 30.0 Å². The molecule has 0 radical (unpaired) electrons. The molecule has 4 rings (SSSR count). The zero-order valence-electron chi connectivity index (χ0n) is 17.1. The van der Waals surface area contributed by atoms with Gasteiger partial charge in [0.25, 0.3) is 5.56 Å². The zero-order chi connectivity index (χ0) is 21.5. The van der Waals surface area contributed by atoms with E-state index in [1.807, 2.05) is 0 Å². The van der Waals surface area contributed by atoms with E-state index in [-0.39, 0.29) is 33.9 Å². The maximum Gasteiger partial charge on any atom is 0.340 e. The largest absolute Gasteiger partial charge is 0.465 e. The SMILES string of the molecule is COC(=O)c1ccc(C(=O)c2c(C3CC3)[nH]n(C)c2=O)cc1N=S1(=O)CCCCC1. The molecule has 8 nitrogen and oxygen atoms in total. The van der Waals surface area contributed by atoms with Crippen LogP contribution in [0.3, 0.4) is 0 Å². The smallest absolute Gasteiger partial charge is 0.340 e. The third-order valence-corrected chi connectivity index (χ3v) is 8.03. The van der Waals surface area contributed by atoms with Gasteiger partial charge in [0, 0.05) is 30.0 Å². The summed E-state index contributed by atoms with van der Waals surface area (Å²) in [5, 5.41) is 2.99. The summed E-state index contributed by atoms with van der Waals surface area (Å²) in [4.78, 5) is 38.0. The molecule has 0 unspecified atom stereocenters. The number of nitrogens with one attached hydrogen (secondary N) is 1. The molecule has 0 spiro atoms. The van der Waals surface area contributed by atoms with Crippen molar-refractivity contribution in [2.75, 3.05) is 18.6 Å². The molecule has 2 aromatic rings. The first kappa shape index (κ1) is 20.6. The van der Waals surface area contributed by atoms with Gasteiger partial charge in [-0.25, -0.2) is 9.00 Å². The number of nitrogens with zero attached hydrogens (tertiary/aromatic N) is 2. The number of ether oxygens (including phenoxy) is 1. The number of esters is 1.